The molecule has 0 amide bonds. The molecule has 0 aliphatic heterocycles. The maximum absolute atomic E-state index is 5.78. The second-order valence-electron chi connectivity index (χ2n) is 4.31. The molecule has 0 spiro atoms. The first kappa shape index (κ1) is 13.1. The van der Waals surface area contributed by atoms with Crippen LogP contribution in [0.15, 0.2) is 41.8 Å². The van der Waals surface area contributed by atoms with Gasteiger partial charge in [-0.3, -0.25) is 0 Å². The highest BCUT2D eigenvalue weighted by Gasteiger charge is 2.09. The highest BCUT2D eigenvalue weighted by molar-refractivity contribution is 7.10. The maximum Gasteiger partial charge on any atom is 0.119 e. The molecule has 0 saturated carbocycles. The highest BCUT2D eigenvalue weighted by Crippen LogP contribution is 2.22. The molecular weight excluding hydrogens is 242 g/mol. The van der Waals surface area contributed by atoms with Crippen LogP contribution in [-0.4, -0.2) is 13.7 Å². The van der Waals surface area contributed by atoms with E-state index in [0.29, 0.717) is 6.04 Å². The number of hydrogen-bond acceptors (Lipinski definition) is 3. The predicted molar refractivity (Wildman–Crippen MR) is 77.4 cm³/mol. The molecule has 96 valence electrons. The first-order chi connectivity index (χ1) is 8.79. The quantitative estimate of drug-likeness (QED) is 0.854. The van der Waals surface area contributed by atoms with Crippen LogP contribution in [0, 0.1) is 6.92 Å². The van der Waals surface area contributed by atoms with Gasteiger partial charge in [-0.25, -0.2) is 0 Å². The van der Waals surface area contributed by atoms with Gasteiger partial charge in [0, 0.05) is 17.3 Å². The van der Waals surface area contributed by atoms with E-state index in [9.17, 15) is 0 Å². The molecule has 1 aromatic heterocycles. The van der Waals surface area contributed by atoms with E-state index < -0.39 is 0 Å². The molecule has 0 aliphatic carbocycles. The van der Waals surface area contributed by atoms with Gasteiger partial charge < -0.3 is 10.1 Å². The summed E-state index contributed by atoms with van der Waals surface area (Å²) in [6.45, 7) is 2.81. The number of aryl methyl sites for hydroxylation is 1. The Balaban J connectivity index is 1.84. The van der Waals surface area contributed by atoms with Gasteiger partial charge in [0.25, 0.3) is 0 Å². The van der Waals surface area contributed by atoms with Crippen molar-refractivity contribution in [1.29, 1.82) is 0 Å². The molecule has 18 heavy (non-hydrogen) atoms. The second kappa shape index (κ2) is 6.57. The van der Waals surface area contributed by atoms with Crippen molar-refractivity contribution < 1.29 is 4.74 Å². The Hall–Kier alpha value is -1.32. The van der Waals surface area contributed by atoms with Crippen molar-refractivity contribution >= 4 is 11.3 Å². The van der Waals surface area contributed by atoms with Crippen molar-refractivity contribution in [2.45, 2.75) is 19.4 Å². The molecule has 1 unspecified atom stereocenters. The number of nitrogens with one attached hydrogen (secondary N) is 1. The van der Waals surface area contributed by atoms with Crippen LogP contribution in [-0.2, 0) is 0 Å². The largest absolute Gasteiger partial charge is 0.494 e. The number of benzene rings is 1. The van der Waals surface area contributed by atoms with E-state index in [1.807, 2.05) is 19.2 Å². The minimum Gasteiger partial charge on any atom is -0.494 e. The molecule has 2 aromatic rings. The normalized spacial score (nSPS) is 12.3. The molecule has 3 heteroatoms. The third-order valence-corrected chi connectivity index (χ3v) is 3.89. The molecule has 2 nitrogen and oxygen atoms in total. The van der Waals surface area contributed by atoms with Crippen molar-refractivity contribution in [1.82, 2.24) is 5.32 Å². The van der Waals surface area contributed by atoms with Gasteiger partial charge >= 0.3 is 0 Å². The summed E-state index contributed by atoms with van der Waals surface area (Å²) < 4.78 is 5.78. The van der Waals surface area contributed by atoms with Crippen LogP contribution in [0.4, 0.5) is 0 Å². The summed E-state index contributed by atoms with van der Waals surface area (Å²) >= 11 is 1.79. The zero-order valence-electron chi connectivity index (χ0n) is 10.8. The Kier molecular flexibility index (Phi) is 4.79. The monoisotopic (exact) mass is 261 g/mol. The first-order valence-corrected chi connectivity index (χ1v) is 7.07. The topological polar surface area (TPSA) is 21.3 Å². The van der Waals surface area contributed by atoms with Gasteiger partial charge in [0.2, 0.25) is 0 Å². The van der Waals surface area contributed by atoms with E-state index in [2.05, 4.69) is 41.9 Å². The molecule has 0 aliphatic rings. The molecule has 2 rings (SSSR count). The molecule has 0 fully saturated rings. The predicted octanol–water partition coefficient (Wildman–Crippen LogP) is 3.79. The Morgan fingerprint density at radius 1 is 1.28 bits per heavy atom. The van der Waals surface area contributed by atoms with Gasteiger partial charge in [-0.1, -0.05) is 18.2 Å². The van der Waals surface area contributed by atoms with Gasteiger partial charge in [-0.05, 0) is 43.1 Å². The SMILES string of the molecule is CNC(CCOc1cccc(C)c1)c1cccs1. The minimum atomic E-state index is 0.384. The van der Waals surface area contributed by atoms with Crippen LogP contribution in [0.25, 0.3) is 0 Å². The van der Waals surface area contributed by atoms with Gasteiger partial charge in [-0.2, -0.15) is 0 Å². The zero-order chi connectivity index (χ0) is 12.8. The Bertz CT molecular complexity index is 467. The van der Waals surface area contributed by atoms with E-state index in [-0.39, 0.29) is 0 Å². The van der Waals surface area contributed by atoms with Gasteiger partial charge in [0.1, 0.15) is 5.75 Å². The van der Waals surface area contributed by atoms with E-state index in [1.54, 1.807) is 11.3 Å². The summed E-state index contributed by atoms with van der Waals surface area (Å²) in [5.74, 6) is 0.955. The fraction of sp³-hybridized carbons (Fsp3) is 0.333. The number of thiophene rings is 1. The Morgan fingerprint density at radius 3 is 2.83 bits per heavy atom. The third-order valence-electron chi connectivity index (χ3n) is 2.90. The molecule has 0 saturated heterocycles. The lowest BCUT2D eigenvalue weighted by Crippen LogP contribution is -2.18. The summed E-state index contributed by atoms with van der Waals surface area (Å²) in [4.78, 5) is 1.37. The van der Waals surface area contributed by atoms with Crippen molar-refractivity contribution in [2.75, 3.05) is 13.7 Å². The number of ether oxygens (including phenoxy) is 1. The van der Waals surface area contributed by atoms with Gasteiger partial charge in [-0.15, -0.1) is 11.3 Å². The number of rotatable bonds is 6. The van der Waals surface area contributed by atoms with Gasteiger partial charge in [0.15, 0.2) is 0 Å². The summed E-state index contributed by atoms with van der Waals surface area (Å²) in [7, 11) is 2.00. The van der Waals surface area contributed by atoms with Crippen molar-refractivity contribution in [2.24, 2.45) is 0 Å². The fourth-order valence-electron chi connectivity index (χ4n) is 1.92. The average Bonchev–Trinajstić information content (AvgIpc) is 2.88. The zero-order valence-corrected chi connectivity index (χ0v) is 11.7. The second-order valence-corrected chi connectivity index (χ2v) is 5.29. The lowest BCUT2D eigenvalue weighted by atomic mass is 10.2. The van der Waals surface area contributed by atoms with Crippen LogP contribution in [0.2, 0.25) is 0 Å². The summed E-state index contributed by atoms with van der Waals surface area (Å²) in [6.07, 6.45) is 0.977. The summed E-state index contributed by atoms with van der Waals surface area (Å²) in [5.41, 5.74) is 1.23. The van der Waals surface area contributed by atoms with Crippen LogP contribution in [0.1, 0.15) is 22.9 Å². The standard InChI is InChI=1S/C15H19NOS/c1-12-5-3-6-13(11-12)17-9-8-14(16-2)15-7-4-10-18-15/h3-7,10-11,14,16H,8-9H2,1-2H3. The van der Waals surface area contributed by atoms with Crippen LogP contribution in [0.3, 0.4) is 0 Å². The van der Waals surface area contributed by atoms with E-state index in [4.69, 9.17) is 4.74 Å². The average molecular weight is 261 g/mol. The smallest absolute Gasteiger partial charge is 0.119 e. The molecule has 1 heterocycles. The maximum atomic E-state index is 5.78. The highest BCUT2D eigenvalue weighted by atomic mass is 32.1. The molecule has 1 atom stereocenters. The van der Waals surface area contributed by atoms with E-state index >= 15 is 0 Å². The molecule has 0 radical (unpaired) electrons. The molecule has 1 N–H and O–H groups in total. The lowest BCUT2D eigenvalue weighted by Gasteiger charge is -2.15. The number of hydrogen-bond donors (Lipinski definition) is 1. The van der Waals surface area contributed by atoms with Crippen molar-refractivity contribution in [3.8, 4) is 5.75 Å². The minimum absolute atomic E-state index is 0.384. The van der Waals surface area contributed by atoms with Crippen LogP contribution < -0.4 is 10.1 Å². The van der Waals surface area contributed by atoms with E-state index in [1.165, 1.54) is 10.4 Å². The molecular formula is C15H19NOS. The fourth-order valence-corrected chi connectivity index (χ4v) is 2.79. The van der Waals surface area contributed by atoms with Crippen molar-refractivity contribution in [3.63, 3.8) is 0 Å². The molecule has 0 bridgehead atoms. The lowest BCUT2D eigenvalue weighted by molar-refractivity contribution is 0.291. The van der Waals surface area contributed by atoms with Gasteiger partial charge in [0.05, 0.1) is 6.61 Å². The van der Waals surface area contributed by atoms with Crippen LogP contribution >= 0.6 is 11.3 Å². The summed E-state index contributed by atoms with van der Waals surface area (Å²) in [5, 5.41) is 5.44. The Labute approximate surface area is 113 Å². The first-order valence-electron chi connectivity index (χ1n) is 6.19. The Morgan fingerprint density at radius 2 is 2.17 bits per heavy atom. The third kappa shape index (κ3) is 3.59. The molecule has 1 aromatic carbocycles. The van der Waals surface area contributed by atoms with Crippen LogP contribution in [0.5, 0.6) is 5.75 Å². The van der Waals surface area contributed by atoms with E-state index in [0.717, 1.165) is 18.8 Å². The summed E-state index contributed by atoms with van der Waals surface area (Å²) in [6, 6.07) is 12.8. The van der Waals surface area contributed by atoms with Crippen molar-refractivity contribution in [3.05, 3.63) is 52.2 Å².